The van der Waals surface area contributed by atoms with Gasteiger partial charge in [-0.15, -0.1) is 0 Å². The summed E-state index contributed by atoms with van der Waals surface area (Å²) >= 11 is 0. The second-order valence-electron chi connectivity index (χ2n) is 6.56. The molecular formula is C17H26N2O. The zero-order chi connectivity index (χ0) is 13.8. The summed E-state index contributed by atoms with van der Waals surface area (Å²) in [5, 5.41) is 12.8. The van der Waals surface area contributed by atoms with Crippen LogP contribution in [0.4, 0.5) is 0 Å². The predicted molar refractivity (Wildman–Crippen MR) is 81.5 cm³/mol. The SMILES string of the molecule is OCCC1(CNC2CCN(Cc3ccccc3)C2)CC1. The number of aliphatic hydroxyl groups excluding tert-OH is 1. The normalized spacial score (nSPS) is 24.9. The van der Waals surface area contributed by atoms with E-state index in [1.165, 1.54) is 31.4 Å². The Bertz CT molecular complexity index is 416. The van der Waals surface area contributed by atoms with Gasteiger partial charge in [0.1, 0.15) is 0 Å². The van der Waals surface area contributed by atoms with Crippen molar-refractivity contribution in [2.45, 2.75) is 38.3 Å². The summed E-state index contributed by atoms with van der Waals surface area (Å²) < 4.78 is 0. The van der Waals surface area contributed by atoms with Gasteiger partial charge in [0.25, 0.3) is 0 Å². The number of hydrogen-bond acceptors (Lipinski definition) is 3. The van der Waals surface area contributed by atoms with Crippen LogP contribution in [0.2, 0.25) is 0 Å². The average molecular weight is 274 g/mol. The highest BCUT2D eigenvalue weighted by Crippen LogP contribution is 2.48. The molecule has 1 saturated carbocycles. The van der Waals surface area contributed by atoms with Crippen molar-refractivity contribution in [2.75, 3.05) is 26.2 Å². The van der Waals surface area contributed by atoms with Gasteiger partial charge in [0.05, 0.1) is 0 Å². The van der Waals surface area contributed by atoms with Crippen molar-refractivity contribution in [1.29, 1.82) is 0 Å². The van der Waals surface area contributed by atoms with Crippen molar-refractivity contribution < 1.29 is 5.11 Å². The number of hydrogen-bond donors (Lipinski definition) is 2. The van der Waals surface area contributed by atoms with E-state index < -0.39 is 0 Å². The summed E-state index contributed by atoms with van der Waals surface area (Å²) in [6.07, 6.45) is 4.81. The van der Waals surface area contributed by atoms with Crippen molar-refractivity contribution >= 4 is 0 Å². The van der Waals surface area contributed by atoms with E-state index in [4.69, 9.17) is 5.11 Å². The number of nitrogens with one attached hydrogen (secondary N) is 1. The molecule has 1 unspecified atom stereocenters. The molecule has 1 aliphatic heterocycles. The van der Waals surface area contributed by atoms with Gasteiger partial charge in [-0.05, 0) is 36.7 Å². The second kappa shape index (κ2) is 6.25. The van der Waals surface area contributed by atoms with E-state index in [2.05, 4.69) is 40.5 Å². The van der Waals surface area contributed by atoms with Crippen LogP contribution in [0.15, 0.2) is 30.3 Å². The molecule has 2 N–H and O–H groups in total. The quantitative estimate of drug-likeness (QED) is 0.798. The Morgan fingerprint density at radius 1 is 1.25 bits per heavy atom. The highest BCUT2D eigenvalue weighted by Gasteiger charge is 2.42. The summed E-state index contributed by atoms with van der Waals surface area (Å²) in [6.45, 7) is 4.86. The predicted octanol–water partition coefficient (Wildman–Crippen LogP) is 2.01. The molecule has 1 aromatic rings. The van der Waals surface area contributed by atoms with Crippen LogP contribution in [0.5, 0.6) is 0 Å². The molecule has 3 heteroatoms. The van der Waals surface area contributed by atoms with Gasteiger partial charge in [0.15, 0.2) is 0 Å². The maximum Gasteiger partial charge on any atom is 0.0436 e. The van der Waals surface area contributed by atoms with Crippen molar-refractivity contribution in [3.8, 4) is 0 Å². The van der Waals surface area contributed by atoms with Crippen molar-refractivity contribution in [3.63, 3.8) is 0 Å². The number of nitrogens with zero attached hydrogens (tertiary/aromatic N) is 1. The molecule has 1 aromatic carbocycles. The van der Waals surface area contributed by atoms with Gasteiger partial charge in [-0.1, -0.05) is 30.3 Å². The first kappa shape index (κ1) is 14.1. The van der Waals surface area contributed by atoms with Crippen LogP contribution in [-0.2, 0) is 6.54 Å². The standard InChI is InChI=1S/C17H26N2O/c20-11-9-17(7-8-17)14-18-16-6-10-19(13-16)12-15-4-2-1-3-5-15/h1-5,16,18,20H,6-14H2. The van der Waals surface area contributed by atoms with Gasteiger partial charge in [-0.3, -0.25) is 4.90 Å². The molecule has 1 heterocycles. The van der Waals surface area contributed by atoms with Crippen molar-refractivity contribution in [2.24, 2.45) is 5.41 Å². The molecule has 1 atom stereocenters. The Kier molecular flexibility index (Phi) is 4.39. The molecule has 1 aliphatic carbocycles. The molecular weight excluding hydrogens is 248 g/mol. The molecule has 1 saturated heterocycles. The van der Waals surface area contributed by atoms with Gasteiger partial charge < -0.3 is 10.4 Å². The Morgan fingerprint density at radius 3 is 2.75 bits per heavy atom. The van der Waals surface area contributed by atoms with Crippen molar-refractivity contribution in [1.82, 2.24) is 10.2 Å². The third-order valence-electron chi connectivity index (χ3n) is 4.89. The number of benzene rings is 1. The fourth-order valence-corrected chi connectivity index (χ4v) is 3.27. The summed E-state index contributed by atoms with van der Waals surface area (Å²) in [6, 6.07) is 11.4. The van der Waals surface area contributed by atoms with E-state index in [0.29, 0.717) is 18.1 Å². The molecule has 0 radical (unpaired) electrons. The minimum atomic E-state index is 0.340. The summed E-state index contributed by atoms with van der Waals surface area (Å²) in [5.41, 5.74) is 1.84. The van der Waals surface area contributed by atoms with Gasteiger partial charge >= 0.3 is 0 Å². The highest BCUT2D eigenvalue weighted by molar-refractivity contribution is 5.14. The lowest BCUT2D eigenvalue weighted by Crippen LogP contribution is -2.36. The highest BCUT2D eigenvalue weighted by atomic mass is 16.3. The molecule has 0 spiro atoms. The molecule has 20 heavy (non-hydrogen) atoms. The Labute approximate surface area is 122 Å². The lowest BCUT2D eigenvalue weighted by atomic mass is 10.0. The maximum absolute atomic E-state index is 9.10. The van der Waals surface area contributed by atoms with Crippen LogP contribution in [0, 0.1) is 5.41 Å². The van der Waals surface area contributed by atoms with Gasteiger partial charge in [-0.25, -0.2) is 0 Å². The van der Waals surface area contributed by atoms with Crippen LogP contribution in [-0.4, -0.2) is 42.3 Å². The van der Waals surface area contributed by atoms with E-state index in [1.807, 2.05) is 0 Å². The van der Waals surface area contributed by atoms with Crippen LogP contribution in [0.3, 0.4) is 0 Å². The maximum atomic E-state index is 9.10. The smallest absolute Gasteiger partial charge is 0.0436 e. The monoisotopic (exact) mass is 274 g/mol. The minimum absolute atomic E-state index is 0.340. The average Bonchev–Trinajstić information content (AvgIpc) is 3.09. The van der Waals surface area contributed by atoms with Gasteiger partial charge in [0, 0.05) is 38.8 Å². The second-order valence-corrected chi connectivity index (χ2v) is 6.56. The van der Waals surface area contributed by atoms with Crippen LogP contribution >= 0.6 is 0 Å². The number of likely N-dealkylation sites (tertiary alicyclic amines) is 1. The van der Waals surface area contributed by atoms with Crippen LogP contribution in [0.1, 0.15) is 31.2 Å². The van der Waals surface area contributed by atoms with Gasteiger partial charge in [0.2, 0.25) is 0 Å². The Morgan fingerprint density at radius 2 is 2.05 bits per heavy atom. The molecule has 2 fully saturated rings. The van der Waals surface area contributed by atoms with Crippen LogP contribution < -0.4 is 5.32 Å². The third-order valence-corrected chi connectivity index (χ3v) is 4.89. The Hall–Kier alpha value is -0.900. The first-order chi connectivity index (χ1) is 9.80. The largest absolute Gasteiger partial charge is 0.396 e. The lowest BCUT2D eigenvalue weighted by molar-refractivity contribution is 0.241. The van der Waals surface area contributed by atoms with Gasteiger partial charge in [-0.2, -0.15) is 0 Å². The number of rotatable bonds is 7. The third kappa shape index (κ3) is 3.60. The first-order valence-electron chi connectivity index (χ1n) is 7.90. The first-order valence-corrected chi connectivity index (χ1v) is 7.90. The molecule has 3 rings (SSSR count). The fraction of sp³-hybridized carbons (Fsp3) is 0.647. The zero-order valence-electron chi connectivity index (χ0n) is 12.2. The Balaban J connectivity index is 1.41. The minimum Gasteiger partial charge on any atom is -0.396 e. The topological polar surface area (TPSA) is 35.5 Å². The zero-order valence-corrected chi connectivity index (χ0v) is 12.2. The van der Waals surface area contributed by atoms with Crippen molar-refractivity contribution in [3.05, 3.63) is 35.9 Å². The molecule has 0 amide bonds. The molecule has 110 valence electrons. The molecule has 0 aromatic heterocycles. The van der Waals surface area contributed by atoms with E-state index in [1.54, 1.807) is 0 Å². The van der Waals surface area contributed by atoms with E-state index in [-0.39, 0.29) is 0 Å². The summed E-state index contributed by atoms with van der Waals surface area (Å²) in [7, 11) is 0. The molecule has 2 aliphatic rings. The summed E-state index contributed by atoms with van der Waals surface area (Å²) in [4.78, 5) is 2.54. The molecule has 0 bridgehead atoms. The molecule has 3 nitrogen and oxygen atoms in total. The number of aliphatic hydroxyl groups is 1. The summed E-state index contributed by atoms with van der Waals surface area (Å²) in [5.74, 6) is 0. The van der Waals surface area contributed by atoms with E-state index >= 15 is 0 Å². The fourth-order valence-electron chi connectivity index (χ4n) is 3.27. The van der Waals surface area contributed by atoms with Crippen LogP contribution in [0.25, 0.3) is 0 Å². The van der Waals surface area contributed by atoms with E-state index in [0.717, 1.165) is 26.1 Å². The lowest BCUT2D eigenvalue weighted by Gasteiger charge is -2.20. The van der Waals surface area contributed by atoms with E-state index in [9.17, 15) is 0 Å².